The second kappa shape index (κ2) is 8.71. The van der Waals surface area contributed by atoms with Crippen LogP contribution in [0.1, 0.15) is 37.8 Å². The first-order valence-electron chi connectivity index (χ1n) is 8.79. The van der Waals surface area contributed by atoms with Gasteiger partial charge < -0.3 is 14.5 Å². The minimum atomic E-state index is -0.312. The number of hydrogen-bond acceptors (Lipinski definition) is 3. The maximum atomic E-state index is 12.7. The lowest BCUT2D eigenvalue weighted by Crippen LogP contribution is -2.45. The van der Waals surface area contributed by atoms with Crippen LogP contribution in [-0.2, 0) is 22.5 Å². The van der Waals surface area contributed by atoms with Gasteiger partial charge in [0.15, 0.2) is 0 Å². The number of aryl methyl sites for hydroxylation is 1. The molecule has 5 nitrogen and oxygen atoms in total. The Bertz CT molecular complexity index is 556. The van der Waals surface area contributed by atoms with Crippen molar-refractivity contribution < 1.29 is 14.3 Å². The van der Waals surface area contributed by atoms with Gasteiger partial charge in [0.2, 0.25) is 5.91 Å². The van der Waals surface area contributed by atoms with Gasteiger partial charge in [0.05, 0.1) is 12.5 Å². The second-order valence-electron chi connectivity index (χ2n) is 6.35. The molecule has 2 rings (SSSR count). The van der Waals surface area contributed by atoms with Crippen LogP contribution >= 0.6 is 0 Å². The van der Waals surface area contributed by atoms with E-state index < -0.39 is 0 Å². The number of hydrogen-bond donors (Lipinski definition) is 0. The van der Waals surface area contributed by atoms with E-state index in [0.717, 1.165) is 24.8 Å². The predicted octanol–water partition coefficient (Wildman–Crippen LogP) is 3.08. The molecular formula is C19H28N2O3. The lowest BCUT2D eigenvalue weighted by Gasteiger charge is -2.33. The first-order chi connectivity index (χ1) is 11.5. The molecule has 1 aliphatic rings. The van der Waals surface area contributed by atoms with Gasteiger partial charge in [-0.15, -0.1) is 0 Å². The molecule has 0 radical (unpaired) electrons. The molecule has 1 aliphatic heterocycles. The summed E-state index contributed by atoms with van der Waals surface area (Å²) in [5.74, 6) is -0.0355. The van der Waals surface area contributed by atoms with Gasteiger partial charge in [-0.25, -0.2) is 4.79 Å². The standard InChI is InChI=1S/C19H28N2O3/c1-4-15-8-10-16(11-9-15)13-20(3)18(22)17-7-6-12-21(14-17)19(23)24-5-2/h8-11,17H,4-7,12-14H2,1-3H3. The van der Waals surface area contributed by atoms with E-state index in [2.05, 4.69) is 31.2 Å². The number of carbonyl (C=O) groups excluding carboxylic acids is 2. The Kier molecular flexibility index (Phi) is 6.64. The molecule has 1 fully saturated rings. The monoisotopic (exact) mass is 332 g/mol. The summed E-state index contributed by atoms with van der Waals surface area (Å²) in [5.41, 5.74) is 2.42. The van der Waals surface area contributed by atoms with Crippen LogP contribution in [0.15, 0.2) is 24.3 Å². The minimum absolute atomic E-state index is 0.101. The Morgan fingerprint density at radius 1 is 1.21 bits per heavy atom. The zero-order chi connectivity index (χ0) is 17.5. The third-order valence-electron chi connectivity index (χ3n) is 4.52. The van der Waals surface area contributed by atoms with Crippen molar-refractivity contribution in [2.45, 2.75) is 39.7 Å². The number of piperidine rings is 1. The van der Waals surface area contributed by atoms with E-state index >= 15 is 0 Å². The average Bonchev–Trinajstić information content (AvgIpc) is 2.62. The summed E-state index contributed by atoms with van der Waals surface area (Å²) in [4.78, 5) is 28.0. The molecule has 0 N–H and O–H groups in total. The molecule has 0 saturated carbocycles. The van der Waals surface area contributed by atoms with Crippen LogP contribution in [-0.4, -0.2) is 48.5 Å². The predicted molar refractivity (Wildman–Crippen MR) is 93.6 cm³/mol. The van der Waals surface area contributed by atoms with Crippen molar-refractivity contribution in [3.8, 4) is 0 Å². The highest BCUT2D eigenvalue weighted by molar-refractivity contribution is 5.80. The summed E-state index contributed by atoms with van der Waals surface area (Å²) < 4.78 is 5.05. The smallest absolute Gasteiger partial charge is 0.409 e. The molecule has 0 bridgehead atoms. The Morgan fingerprint density at radius 2 is 1.88 bits per heavy atom. The molecule has 1 unspecified atom stereocenters. The molecule has 5 heteroatoms. The number of ether oxygens (including phenoxy) is 1. The van der Waals surface area contributed by atoms with Crippen LogP contribution in [0.3, 0.4) is 0 Å². The van der Waals surface area contributed by atoms with Gasteiger partial charge in [-0.2, -0.15) is 0 Å². The number of likely N-dealkylation sites (tertiary alicyclic amines) is 1. The highest BCUT2D eigenvalue weighted by Gasteiger charge is 2.30. The van der Waals surface area contributed by atoms with Crippen molar-refractivity contribution in [3.63, 3.8) is 0 Å². The van der Waals surface area contributed by atoms with Crippen molar-refractivity contribution in [2.75, 3.05) is 26.7 Å². The Hall–Kier alpha value is -2.04. The van der Waals surface area contributed by atoms with E-state index in [9.17, 15) is 9.59 Å². The molecular weight excluding hydrogens is 304 g/mol. The van der Waals surface area contributed by atoms with Gasteiger partial charge in [0.25, 0.3) is 0 Å². The molecule has 1 aromatic carbocycles. The van der Waals surface area contributed by atoms with Gasteiger partial charge in [-0.1, -0.05) is 31.2 Å². The molecule has 1 atom stereocenters. The number of benzene rings is 1. The van der Waals surface area contributed by atoms with E-state index in [0.29, 0.717) is 26.2 Å². The van der Waals surface area contributed by atoms with E-state index in [1.54, 1.807) is 16.7 Å². The summed E-state index contributed by atoms with van der Waals surface area (Å²) in [5, 5.41) is 0. The second-order valence-corrected chi connectivity index (χ2v) is 6.35. The summed E-state index contributed by atoms with van der Waals surface area (Å²) in [6.07, 6.45) is 2.37. The molecule has 1 aromatic rings. The zero-order valence-electron chi connectivity index (χ0n) is 15.0. The fraction of sp³-hybridized carbons (Fsp3) is 0.579. The highest BCUT2D eigenvalue weighted by atomic mass is 16.6. The van der Waals surface area contributed by atoms with Gasteiger partial charge >= 0.3 is 6.09 Å². The van der Waals surface area contributed by atoms with Crippen LogP contribution in [0.5, 0.6) is 0 Å². The number of amides is 2. The Morgan fingerprint density at radius 3 is 2.50 bits per heavy atom. The minimum Gasteiger partial charge on any atom is -0.450 e. The molecule has 0 aromatic heterocycles. The van der Waals surface area contributed by atoms with E-state index in [1.807, 2.05) is 7.05 Å². The summed E-state index contributed by atoms with van der Waals surface area (Å²) >= 11 is 0. The van der Waals surface area contributed by atoms with Crippen LogP contribution in [0.25, 0.3) is 0 Å². The van der Waals surface area contributed by atoms with Gasteiger partial charge in [0, 0.05) is 26.7 Å². The van der Waals surface area contributed by atoms with Gasteiger partial charge in [0.1, 0.15) is 0 Å². The highest BCUT2D eigenvalue weighted by Crippen LogP contribution is 2.20. The van der Waals surface area contributed by atoms with Gasteiger partial charge in [-0.3, -0.25) is 4.79 Å². The molecule has 2 amide bonds. The largest absolute Gasteiger partial charge is 0.450 e. The van der Waals surface area contributed by atoms with Crippen LogP contribution in [0, 0.1) is 5.92 Å². The Labute approximate surface area is 144 Å². The van der Waals surface area contributed by atoms with Gasteiger partial charge in [-0.05, 0) is 37.3 Å². The molecule has 0 aliphatic carbocycles. The fourth-order valence-electron chi connectivity index (χ4n) is 3.10. The van der Waals surface area contributed by atoms with E-state index in [1.165, 1.54) is 5.56 Å². The van der Waals surface area contributed by atoms with Crippen molar-refractivity contribution >= 4 is 12.0 Å². The van der Waals surface area contributed by atoms with Crippen LogP contribution in [0.4, 0.5) is 4.79 Å². The van der Waals surface area contributed by atoms with Crippen molar-refractivity contribution in [1.29, 1.82) is 0 Å². The maximum Gasteiger partial charge on any atom is 0.409 e. The molecule has 0 spiro atoms. The fourth-order valence-corrected chi connectivity index (χ4v) is 3.10. The lowest BCUT2D eigenvalue weighted by molar-refractivity contribution is -0.136. The molecule has 24 heavy (non-hydrogen) atoms. The van der Waals surface area contributed by atoms with Crippen molar-refractivity contribution in [2.24, 2.45) is 5.92 Å². The summed E-state index contributed by atoms with van der Waals surface area (Å²) in [6.45, 7) is 6.01. The third kappa shape index (κ3) is 4.73. The van der Waals surface area contributed by atoms with Crippen LogP contribution < -0.4 is 0 Å². The molecule has 132 valence electrons. The normalized spacial score (nSPS) is 17.5. The summed E-state index contributed by atoms with van der Waals surface area (Å²) in [6, 6.07) is 8.37. The zero-order valence-corrected chi connectivity index (χ0v) is 15.0. The van der Waals surface area contributed by atoms with Crippen molar-refractivity contribution in [3.05, 3.63) is 35.4 Å². The number of nitrogens with zero attached hydrogens (tertiary/aromatic N) is 2. The Balaban J connectivity index is 1.92. The number of rotatable bonds is 5. The topological polar surface area (TPSA) is 49.9 Å². The molecule has 1 saturated heterocycles. The quantitative estimate of drug-likeness (QED) is 0.832. The molecule has 1 heterocycles. The summed E-state index contributed by atoms with van der Waals surface area (Å²) in [7, 11) is 1.83. The SMILES string of the molecule is CCOC(=O)N1CCCC(C(=O)N(C)Cc2ccc(CC)cc2)C1. The van der Waals surface area contributed by atoms with E-state index in [4.69, 9.17) is 4.74 Å². The maximum absolute atomic E-state index is 12.7. The first-order valence-corrected chi connectivity index (χ1v) is 8.79. The van der Waals surface area contributed by atoms with Crippen LogP contribution in [0.2, 0.25) is 0 Å². The van der Waals surface area contributed by atoms with E-state index in [-0.39, 0.29) is 17.9 Å². The first kappa shape index (κ1) is 18.3. The lowest BCUT2D eigenvalue weighted by atomic mass is 9.96. The van der Waals surface area contributed by atoms with Crippen molar-refractivity contribution in [1.82, 2.24) is 9.80 Å². The average molecular weight is 332 g/mol. The number of carbonyl (C=O) groups is 2. The third-order valence-corrected chi connectivity index (χ3v) is 4.52.